The fraction of sp³-hybridized carbons (Fsp3) is 0.286. The molecule has 5 heteroatoms. The molecule has 4 nitrogen and oxygen atoms in total. The Hall–Kier alpha value is -1.83. The maximum absolute atomic E-state index is 11.9. The number of halogens is 1. The Labute approximate surface area is 116 Å². The molecule has 0 radical (unpaired) electrons. The monoisotopic (exact) mass is 277 g/mol. The van der Waals surface area contributed by atoms with E-state index in [0.717, 1.165) is 4.90 Å². The summed E-state index contributed by atoms with van der Waals surface area (Å²) in [6.45, 7) is -0.250. The molecule has 1 aromatic rings. The van der Waals surface area contributed by atoms with Crippen LogP contribution in [0.2, 0.25) is 5.02 Å². The van der Waals surface area contributed by atoms with E-state index in [4.69, 9.17) is 16.7 Å². The topological polar surface area (TPSA) is 57.6 Å². The van der Waals surface area contributed by atoms with E-state index in [0.29, 0.717) is 35.5 Å². The van der Waals surface area contributed by atoms with Crippen molar-refractivity contribution < 1.29 is 14.7 Å². The van der Waals surface area contributed by atoms with Crippen LogP contribution < -0.4 is 4.90 Å². The molecule has 0 aliphatic carbocycles. The number of aliphatic hydroxyl groups is 1. The zero-order valence-electron chi connectivity index (χ0n) is 10.1. The lowest BCUT2D eigenvalue weighted by Crippen LogP contribution is -2.40. The molecular formula is C14H12ClNO3. The lowest BCUT2D eigenvalue weighted by atomic mass is 10.1. The van der Waals surface area contributed by atoms with Gasteiger partial charge in [-0.1, -0.05) is 23.4 Å². The second-order valence-corrected chi connectivity index (χ2v) is 4.51. The van der Waals surface area contributed by atoms with Gasteiger partial charge in [-0.05, 0) is 24.6 Å². The van der Waals surface area contributed by atoms with Gasteiger partial charge in [0.15, 0.2) is 0 Å². The van der Waals surface area contributed by atoms with Crippen molar-refractivity contribution in [2.24, 2.45) is 0 Å². The number of hydrogen-bond acceptors (Lipinski definition) is 3. The van der Waals surface area contributed by atoms with Gasteiger partial charge in [0.25, 0.3) is 0 Å². The first-order valence-electron chi connectivity index (χ1n) is 5.88. The van der Waals surface area contributed by atoms with E-state index in [1.165, 1.54) is 0 Å². The molecule has 1 aromatic carbocycles. The van der Waals surface area contributed by atoms with Crippen molar-refractivity contribution in [2.75, 3.05) is 11.5 Å². The van der Waals surface area contributed by atoms with Crippen LogP contribution in [0.25, 0.3) is 0 Å². The largest absolute Gasteiger partial charge is 0.384 e. The highest BCUT2D eigenvalue weighted by atomic mass is 35.5. The minimum atomic E-state index is -0.250. The Morgan fingerprint density at radius 2 is 1.95 bits per heavy atom. The van der Waals surface area contributed by atoms with Crippen molar-refractivity contribution in [2.45, 2.75) is 19.3 Å². The van der Waals surface area contributed by atoms with Crippen LogP contribution in [-0.2, 0) is 9.59 Å². The number of imide groups is 1. The van der Waals surface area contributed by atoms with E-state index in [-0.39, 0.29) is 18.4 Å². The van der Waals surface area contributed by atoms with E-state index in [2.05, 4.69) is 11.8 Å². The molecule has 0 saturated carbocycles. The molecule has 2 amide bonds. The number of carbonyl (C=O) groups excluding carboxylic acids is 2. The first kappa shape index (κ1) is 13.6. The molecule has 1 saturated heterocycles. The number of nitrogens with zero attached hydrogens (tertiary/aromatic N) is 1. The molecule has 1 heterocycles. The quantitative estimate of drug-likeness (QED) is 0.628. The van der Waals surface area contributed by atoms with Gasteiger partial charge >= 0.3 is 0 Å². The second-order valence-electron chi connectivity index (χ2n) is 4.10. The van der Waals surface area contributed by atoms with Crippen LogP contribution in [0.4, 0.5) is 5.69 Å². The van der Waals surface area contributed by atoms with Gasteiger partial charge in [-0.2, -0.15) is 0 Å². The summed E-state index contributed by atoms with van der Waals surface area (Å²) in [6, 6.07) is 4.85. The number of rotatable bonds is 1. The predicted octanol–water partition coefficient (Wildman–Crippen LogP) is 1.73. The number of anilines is 1. The fourth-order valence-corrected chi connectivity index (χ4v) is 2.13. The van der Waals surface area contributed by atoms with E-state index in [9.17, 15) is 9.59 Å². The molecule has 2 rings (SSSR count). The molecule has 1 fully saturated rings. The highest BCUT2D eigenvalue weighted by Crippen LogP contribution is 2.30. The molecule has 0 unspecified atom stereocenters. The number of piperidine rings is 1. The smallest absolute Gasteiger partial charge is 0.233 e. The zero-order chi connectivity index (χ0) is 13.8. The van der Waals surface area contributed by atoms with Crippen LogP contribution in [0.15, 0.2) is 18.2 Å². The molecule has 19 heavy (non-hydrogen) atoms. The Morgan fingerprint density at radius 1 is 1.26 bits per heavy atom. The van der Waals surface area contributed by atoms with Crippen LogP contribution in [-0.4, -0.2) is 23.5 Å². The standard InChI is InChI=1S/C14H12ClNO3/c15-11-7-6-10(3-2-8-17)9-12(11)16-13(18)4-1-5-14(16)19/h6-7,9,17H,1,4-5,8H2. The van der Waals surface area contributed by atoms with E-state index >= 15 is 0 Å². The number of amides is 2. The minimum Gasteiger partial charge on any atom is -0.384 e. The van der Waals surface area contributed by atoms with Crippen molar-refractivity contribution in [1.29, 1.82) is 0 Å². The lowest BCUT2D eigenvalue weighted by molar-refractivity contribution is -0.129. The normalized spacial score (nSPS) is 15.2. The van der Waals surface area contributed by atoms with Crippen LogP contribution in [0.1, 0.15) is 24.8 Å². The van der Waals surface area contributed by atoms with Gasteiger partial charge in [0, 0.05) is 18.4 Å². The van der Waals surface area contributed by atoms with Gasteiger partial charge in [-0.15, -0.1) is 0 Å². The fourth-order valence-electron chi connectivity index (χ4n) is 1.93. The van der Waals surface area contributed by atoms with Crippen LogP contribution in [0.5, 0.6) is 0 Å². The average molecular weight is 278 g/mol. The molecule has 0 aromatic heterocycles. The zero-order valence-corrected chi connectivity index (χ0v) is 10.9. The highest BCUT2D eigenvalue weighted by Gasteiger charge is 2.28. The maximum Gasteiger partial charge on any atom is 0.233 e. The van der Waals surface area contributed by atoms with Crippen molar-refractivity contribution in [1.82, 2.24) is 0 Å². The number of benzene rings is 1. The third-order valence-corrected chi connectivity index (χ3v) is 3.10. The highest BCUT2D eigenvalue weighted by molar-refractivity contribution is 6.35. The molecule has 1 aliphatic heterocycles. The van der Waals surface area contributed by atoms with Crippen LogP contribution >= 0.6 is 11.6 Å². The van der Waals surface area contributed by atoms with Gasteiger partial charge in [0.1, 0.15) is 6.61 Å². The predicted molar refractivity (Wildman–Crippen MR) is 71.8 cm³/mol. The van der Waals surface area contributed by atoms with Gasteiger partial charge in [-0.3, -0.25) is 9.59 Å². The van der Waals surface area contributed by atoms with Crippen molar-refractivity contribution in [3.05, 3.63) is 28.8 Å². The summed E-state index contributed by atoms with van der Waals surface area (Å²) >= 11 is 6.05. The third kappa shape index (κ3) is 2.95. The molecule has 0 atom stereocenters. The minimum absolute atomic E-state index is 0.245. The SMILES string of the molecule is O=C1CCCC(=O)N1c1cc(C#CCO)ccc1Cl. The molecule has 1 N–H and O–H groups in total. The summed E-state index contributed by atoms with van der Waals surface area (Å²) in [6.07, 6.45) is 1.26. The summed E-state index contributed by atoms with van der Waals surface area (Å²) in [7, 11) is 0. The Bertz CT molecular complexity index is 570. The first-order chi connectivity index (χ1) is 9.13. The van der Waals surface area contributed by atoms with Crippen molar-refractivity contribution >= 4 is 29.1 Å². The summed E-state index contributed by atoms with van der Waals surface area (Å²) < 4.78 is 0. The maximum atomic E-state index is 11.9. The van der Waals surface area contributed by atoms with E-state index < -0.39 is 0 Å². The lowest BCUT2D eigenvalue weighted by Gasteiger charge is -2.25. The van der Waals surface area contributed by atoms with E-state index in [1.807, 2.05) is 0 Å². The Kier molecular flexibility index (Phi) is 4.20. The number of hydrogen-bond donors (Lipinski definition) is 1. The molecule has 0 spiro atoms. The van der Waals surface area contributed by atoms with Crippen LogP contribution in [0, 0.1) is 11.8 Å². The number of aliphatic hydroxyl groups excluding tert-OH is 1. The number of carbonyl (C=O) groups is 2. The van der Waals surface area contributed by atoms with Crippen molar-refractivity contribution in [3.8, 4) is 11.8 Å². The van der Waals surface area contributed by atoms with Gasteiger partial charge < -0.3 is 5.11 Å². The summed E-state index contributed by atoms with van der Waals surface area (Å²) in [5.41, 5.74) is 0.959. The van der Waals surface area contributed by atoms with Gasteiger partial charge in [-0.25, -0.2) is 4.90 Å². The molecule has 0 bridgehead atoms. The van der Waals surface area contributed by atoms with Gasteiger partial charge in [0.2, 0.25) is 11.8 Å². The van der Waals surface area contributed by atoms with Crippen molar-refractivity contribution in [3.63, 3.8) is 0 Å². The van der Waals surface area contributed by atoms with Crippen LogP contribution in [0.3, 0.4) is 0 Å². The Balaban J connectivity index is 2.42. The average Bonchev–Trinajstić information content (AvgIpc) is 2.39. The summed E-state index contributed by atoms with van der Waals surface area (Å²) in [4.78, 5) is 24.8. The summed E-state index contributed by atoms with van der Waals surface area (Å²) in [5, 5.41) is 9.00. The van der Waals surface area contributed by atoms with E-state index in [1.54, 1.807) is 18.2 Å². The third-order valence-electron chi connectivity index (χ3n) is 2.78. The molecular weight excluding hydrogens is 266 g/mol. The molecule has 98 valence electrons. The molecule has 1 aliphatic rings. The Morgan fingerprint density at radius 3 is 2.58 bits per heavy atom. The van der Waals surface area contributed by atoms with Gasteiger partial charge in [0.05, 0.1) is 10.7 Å². The first-order valence-corrected chi connectivity index (χ1v) is 6.26. The summed E-state index contributed by atoms with van der Waals surface area (Å²) in [5.74, 6) is 4.74. The second kappa shape index (κ2) is 5.87.